The number of aliphatic hydroxyl groups excluding tert-OH is 22. The second-order valence-corrected chi connectivity index (χ2v) is 39.3. The molecule has 146 heavy (non-hydrogen) atoms. The first-order chi connectivity index (χ1) is 70.6. The van der Waals surface area contributed by atoms with E-state index in [0.29, 0.717) is 36.7 Å². The molecule has 38 rings (SSSR count). The molecule has 40 atom stereocenters. The lowest BCUT2D eigenvalue weighted by Gasteiger charge is -2.51. The van der Waals surface area contributed by atoms with Gasteiger partial charge in [0.15, 0.2) is 44.0 Å². The van der Waals surface area contributed by atoms with Gasteiger partial charge in [0.2, 0.25) is 0 Å². The molecule has 0 spiro atoms. The van der Waals surface area contributed by atoms with Crippen LogP contribution in [0.1, 0.15) is 17.5 Å². The van der Waals surface area contributed by atoms with E-state index in [0.717, 1.165) is 54.2 Å². The van der Waals surface area contributed by atoms with Gasteiger partial charge in [0.05, 0.1) is 137 Å². The third-order valence-electron chi connectivity index (χ3n) is 28.1. The van der Waals surface area contributed by atoms with E-state index in [4.69, 9.17) is 99.5 Å². The van der Waals surface area contributed by atoms with Crippen LogP contribution in [-0.2, 0) is 113 Å². The Morgan fingerprint density at radius 1 is 0.260 bits per heavy atom. The lowest BCUT2D eigenvalue weighted by molar-refractivity contribution is -0.397. The quantitative estimate of drug-likeness (QED) is 0.0138. The van der Waals surface area contributed by atoms with Gasteiger partial charge < -0.3 is 222 Å². The highest BCUT2D eigenvalue weighted by molar-refractivity contribution is 8.13. The van der Waals surface area contributed by atoms with Gasteiger partial charge in [-0.15, -0.1) is 0 Å². The molecular weight excluding hydrogens is 1980 g/mol. The summed E-state index contributed by atoms with van der Waals surface area (Å²) in [6, 6.07) is 37.5. The van der Waals surface area contributed by atoms with Gasteiger partial charge in [-0.1, -0.05) is 133 Å². The number of aliphatic hydroxyl groups is 22. The molecule has 808 valence electrons. The summed E-state index contributed by atoms with van der Waals surface area (Å²) in [5.74, 6) is -2.42. The molecule has 47 nitrogen and oxygen atoms in total. The van der Waals surface area contributed by atoms with Crippen LogP contribution in [0.4, 0.5) is 9.59 Å². The number of amides is 2. The maximum atomic E-state index is 13.7. The molecule has 0 aromatic heterocycles. The predicted octanol–water partition coefficient (Wildman–Crippen LogP) is -5.55. The second-order valence-electron chi connectivity index (χ2n) is 37.4. The topological polar surface area (TPSA) is 697 Å². The van der Waals surface area contributed by atoms with E-state index >= 15 is 0 Å². The fraction of sp³-hybridized carbons (Fsp3) is 0.649. The van der Waals surface area contributed by atoms with Crippen LogP contribution in [-0.4, -0.2) is 492 Å². The molecule has 30 fully saturated rings. The molecule has 1 aliphatic carbocycles. The smallest absolute Gasteiger partial charge is 0.279 e. The average molecular weight is 2110 g/mol. The summed E-state index contributed by atoms with van der Waals surface area (Å²) in [7, 11) is 0. The highest BCUT2D eigenvalue weighted by Gasteiger charge is 2.61. The van der Waals surface area contributed by atoms with Crippen LogP contribution in [0.2, 0.25) is 0 Å². The Labute approximate surface area is 842 Å². The minimum Gasteiger partial charge on any atom is -0.396 e. The van der Waals surface area contributed by atoms with Crippen LogP contribution in [0.15, 0.2) is 109 Å². The normalized spacial score (nSPS) is 38.2. The van der Waals surface area contributed by atoms with Gasteiger partial charge in [0.1, 0.15) is 171 Å². The van der Waals surface area contributed by atoms with Crippen molar-refractivity contribution >= 4 is 98.6 Å². The first-order valence-corrected chi connectivity index (χ1v) is 50.5. The van der Waals surface area contributed by atoms with E-state index in [1.165, 1.54) is 21.5 Å². The number of carbonyl (C=O) groups is 2. The zero-order chi connectivity index (χ0) is 103. The van der Waals surface area contributed by atoms with E-state index in [9.17, 15) is 122 Å². The van der Waals surface area contributed by atoms with E-state index < -0.39 is 313 Å². The summed E-state index contributed by atoms with van der Waals surface area (Å²) in [4.78, 5) is 27.3. The van der Waals surface area contributed by atoms with Gasteiger partial charge >= 0.3 is 0 Å². The molecule has 24 N–H and O–H groups in total. The van der Waals surface area contributed by atoms with Crippen LogP contribution in [0.5, 0.6) is 0 Å². The summed E-state index contributed by atoms with van der Waals surface area (Å²) in [6.45, 7) is -4.31. The Morgan fingerprint density at radius 3 is 0.808 bits per heavy atom. The van der Waals surface area contributed by atoms with Crippen molar-refractivity contribution in [3.8, 4) is 0 Å². The molecule has 8 aromatic carbocycles. The number of rotatable bonds is 32. The monoisotopic (exact) mass is 2100 g/mol. The number of benzene rings is 8. The van der Waals surface area contributed by atoms with Crippen molar-refractivity contribution in [3.63, 3.8) is 0 Å². The van der Waals surface area contributed by atoms with Gasteiger partial charge in [-0.05, 0) is 82.2 Å². The van der Waals surface area contributed by atoms with Crippen molar-refractivity contribution in [2.24, 2.45) is 5.92 Å². The average Bonchev–Trinajstić information content (AvgIpc) is 0.742. The number of thioether (sulfide) groups is 2. The first kappa shape index (κ1) is 111. The fourth-order valence-electron chi connectivity index (χ4n) is 20.3. The molecule has 2 amide bonds. The molecule has 0 radical (unpaired) electrons. The van der Waals surface area contributed by atoms with Crippen molar-refractivity contribution in [3.05, 3.63) is 120 Å². The van der Waals surface area contributed by atoms with Crippen LogP contribution >= 0.6 is 23.5 Å². The number of carbonyl (C=O) groups excluding carboxylic acids is 2. The van der Waals surface area contributed by atoms with E-state index in [1.807, 2.05) is 18.2 Å². The Kier molecular flexibility index (Phi) is 38.6. The minimum absolute atomic E-state index is 0.00687. The van der Waals surface area contributed by atoms with Crippen molar-refractivity contribution in [1.82, 2.24) is 10.6 Å². The van der Waals surface area contributed by atoms with Gasteiger partial charge in [-0.3, -0.25) is 9.59 Å². The summed E-state index contributed by atoms with van der Waals surface area (Å²) in [6.07, 6.45) is -81.4. The van der Waals surface area contributed by atoms with Crippen molar-refractivity contribution in [2.75, 3.05) is 130 Å². The molecule has 8 aromatic rings. The zero-order valence-corrected chi connectivity index (χ0v) is 80.4. The van der Waals surface area contributed by atoms with E-state index in [-0.39, 0.29) is 79.2 Å². The molecule has 29 saturated heterocycles. The molecular formula is C97H128N2O45S2. The zero-order valence-electron chi connectivity index (χ0n) is 78.8. The summed E-state index contributed by atoms with van der Waals surface area (Å²) in [5, 5.41) is 274. The maximum Gasteiger partial charge on any atom is 0.279 e. The van der Waals surface area contributed by atoms with Gasteiger partial charge in [0, 0.05) is 37.1 Å². The van der Waals surface area contributed by atoms with Gasteiger partial charge in [-0.2, -0.15) is 0 Å². The fourth-order valence-corrected chi connectivity index (χ4v) is 21.9. The van der Waals surface area contributed by atoms with Crippen LogP contribution in [0.25, 0.3) is 64.6 Å². The molecule has 49 heteroatoms. The largest absolute Gasteiger partial charge is 0.396 e. The van der Waals surface area contributed by atoms with Gasteiger partial charge in [0.25, 0.3) is 10.5 Å². The summed E-state index contributed by atoms with van der Waals surface area (Å²) in [5.41, 5.74) is 2.05. The maximum absolute atomic E-state index is 13.7. The van der Waals surface area contributed by atoms with Crippen molar-refractivity contribution in [1.29, 1.82) is 0 Å². The third kappa shape index (κ3) is 24.3. The van der Waals surface area contributed by atoms with E-state index in [1.54, 1.807) is 0 Å². The molecule has 29 heterocycles. The second kappa shape index (κ2) is 50.8. The Morgan fingerprint density at radius 2 is 0.507 bits per heavy atom. The highest BCUT2D eigenvalue weighted by atomic mass is 32.2. The molecule has 0 unspecified atom stereocenters. The SMILES string of the molecule is O=C(NCCOCCOCCOCc1ccc2ccc3cccc4ccc1c2c34)SC[C@H]1O[C@@H]2O[C@H]3[C@H](O)[C@@H](O)[C@@H](O[C@H]4[C@H](O)[C@@H](O)[C@@H](O[C@@H]5[C@@H](CO)C[C@H](O[C@H]6[C@H](O)[C@@H](O)[C@@H](O[C@H]7[C@H](O)[C@@H](O)[C@@H](O[C@H]8[C@H](O)[C@@H](O)[C@@H](O[C@H]9[C@H](O)[C@@H](O)[C@@H](O[C@H]1[C@H](O)[C@H]2O)O[C@@H]9CO)O[C@@H]8CO)O[C@@H]7CO)O[C@@H]6CSC(=O)NCCOCCOCCOCc1ccc2ccc6cccc7ccc1c2c67)[C@H](O)[C@H]5O)O[C@@H]4CO)O[C@@H]3CO. The van der Waals surface area contributed by atoms with Crippen molar-refractivity contribution in [2.45, 2.75) is 259 Å². The Hall–Kier alpha value is -6.24. The van der Waals surface area contributed by atoms with Crippen LogP contribution < -0.4 is 10.6 Å². The standard InChI is InChI=1S/C97H128N2O45S2/c100-32-50-31-53-65(106)66(107)81(50)138-89-74(115)67(108)82(54(33-101)131-89)139-91-77(118)70(111)86(58(37-105)134-91)143-95-80(121)73(114)88(60(137-95)41-146-97(123)99-20-22-125-24-26-127-28-30-129-39-49-14-12-47-10-8-43-4-2-6-45-16-18-52(49)64(47)62(43)45)144-93-78(119)71(112)84(56(35-103)135-93)141-90-75(116)68(109)83(55(34-102)132-90)140-92-76(117)69(110)85(57(36-104)133-92)142-94-79(120)72(113)87(130-53)59(136-94)40-145-96(122)98-19-21-124-23-25-126-27-29-128-38-48-13-11-46-9-7-42-3-1-5-44-15-17-51(48)63(46)61(42)44/h1-18,50,53-60,65-95,100-121H,19-41H2,(H,98,122)(H,99,123)/t50-,53+,54-,55-,56-,57-,58-,59-,60-,65+,66-,67-,68-,69-,70-,71-,72-,73-,74-,75-,76-,77-,78-,79-,80-,81-,82-,83-,84-,85-,86-,87-,88-,89-,90-,91-,92-,93-,94-,95-/m1/s1. The number of hydrogen-bond donors (Lipinski definition) is 24. The third-order valence-corrected chi connectivity index (χ3v) is 29.9. The number of ether oxygens (including phenoxy) is 21. The van der Waals surface area contributed by atoms with Crippen LogP contribution in [0.3, 0.4) is 0 Å². The molecule has 16 bridgehead atoms. The van der Waals surface area contributed by atoms with Gasteiger partial charge in [-0.25, -0.2) is 0 Å². The molecule has 30 aliphatic rings. The molecule has 29 aliphatic heterocycles. The Bertz CT molecular complexity index is 5090. The molecule has 1 saturated carbocycles. The lowest BCUT2D eigenvalue weighted by atomic mass is 9.80. The first-order valence-electron chi connectivity index (χ1n) is 48.6. The predicted molar refractivity (Wildman–Crippen MR) is 505 cm³/mol. The highest BCUT2D eigenvalue weighted by Crippen LogP contribution is 2.45. The Balaban J connectivity index is 0.545. The lowest BCUT2D eigenvalue weighted by Crippen LogP contribution is -2.68. The van der Waals surface area contributed by atoms with E-state index in [2.05, 4.69) is 102 Å². The summed E-state index contributed by atoms with van der Waals surface area (Å²) < 4.78 is 125. The summed E-state index contributed by atoms with van der Waals surface area (Å²) >= 11 is 1.06. The van der Waals surface area contributed by atoms with Crippen molar-refractivity contribution < 1.29 is 221 Å². The number of nitrogens with one attached hydrogen (secondary N) is 2. The minimum atomic E-state index is -2.32. The number of hydrogen-bond acceptors (Lipinski definition) is 47. The van der Waals surface area contributed by atoms with Crippen LogP contribution in [0, 0.1) is 5.92 Å².